The lowest BCUT2D eigenvalue weighted by molar-refractivity contribution is 0.472. The van der Waals surface area contributed by atoms with Gasteiger partial charge in [-0.3, -0.25) is 9.67 Å². The fraction of sp³-hybridized carbons (Fsp3) is 0.750. The van der Waals surface area contributed by atoms with Gasteiger partial charge >= 0.3 is 0 Å². The Bertz CT molecular complexity index is 399. The summed E-state index contributed by atoms with van der Waals surface area (Å²) in [5.74, 6) is 1.90. The fourth-order valence-corrected chi connectivity index (χ4v) is 3.01. The predicted octanol–water partition coefficient (Wildman–Crippen LogP) is 3.03. The minimum Gasteiger partial charge on any atom is -0.356 e. The van der Waals surface area contributed by atoms with Crippen LogP contribution in [0, 0.1) is 5.92 Å². The summed E-state index contributed by atoms with van der Waals surface area (Å²) in [6.07, 6.45) is 13.6. The molecule has 0 unspecified atom stereocenters. The van der Waals surface area contributed by atoms with Crippen LogP contribution in [0.1, 0.15) is 44.9 Å². The monoisotopic (exact) mass is 419 g/mol. The Hall–Kier alpha value is -0.790. The maximum atomic E-state index is 4.25. The van der Waals surface area contributed by atoms with Crippen molar-refractivity contribution in [2.75, 3.05) is 20.1 Å². The molecule has 0 amide bonds. The first kappa shape index (κ1) is 19.3. The summed E-state index contributed by atoms with van der Waals surface area (Å²) >= 11 is 0. The van der Waals surface area contributed by atoms with Crippen molar-refractivity contribution in [1.82, 2.24) is 20.4 Å². The number of aromatic nitrogens is 2. The first-order valence-corrected chi connectivity index (χ1v) is 8.30. The number of hydrogen-bond acceptors (Lipinski definition) is 2. The standard InChI is InChI=1S/C16H29N5.HI/c1-17-16(19-12-14-21-13-6-11-20-21)18-10-5-4-9-15-7-2-3-8-15;/h6,11,13,15H,2-5,7-10,12,14H2,1H3,(H2,17,18,19);1H. The summed E-state index contributed by atoms with van der Waals surface area (Å²) in [6.45, 7) is 2.70. The van der Waals surface area contributed by atoms with Crippen molar-refractivity contribution < 1.29 is 0 Å². The van der Waals surface area contributed by atoms with Gasteiger partial charge in [0.2, 0.25) is 0 Å². The number of nitrogens with one attached hydrogen (secondary N) is 2. The number of hydrogen-bond donors (Lipinski definition) is 2. The molecule has 1 aliphatic carbocycles. The van der Waals surface area contributed by atoms with Crippen molar-refractivity contribution in [3.05, 3.63) is 18.5 Å². The van der Waals surface area contributed by atoms with E-state index in [9.17, 15) is 0 Å². The van der Waals surface area contributed by atoms with E-state index in [-0.39, 0.29) is 24.0 Å². The number of guanidine groups is 1. The van der Waals surface area contributed by atoms with Gasteiger partial charge in [-0.2, -0.15) is 5.10 Å². The molecule has 5 nitrogen and oxygen atoms in total. The van der Waals surface area contributed by atoms with Crippen LogP contribution in [0.25, 0.3) is 0 Å². The normalized spacial score (nSPS) is 15.6. The van der Waals surface area contributed by atoms with E-state index in [1.165, 1.54) is 44.9 Å². The molecule has 2 N–H and O–H groups in total. The van der Waals surface area contributed by atoms with Crippen LogP contribution in [-0.2, 0) is 6.54 Å². The van der Waals surface area contributed by atoms with Gasteiger partial charge in [-0.1, -0.05) is 38.5 Å². The van der Waals surface area contributed by atoms with E-state index < -0.39 is 0 Å². The van der Waals surface area contributed by atoms with Gasteiger partial charge in [0.05, 0.1) is 6.54 Å². The van der Waals surface area contributed by atoms with E-state index in [1.807, 2.05) is 24.0 Å². The SMILES string of the molecule is CN=C(NCCCCC1CCCC1)NCCn1cccn1.I. The average Bonchev–Trinajstić information content (AvgIpc) is 3.18. The molecule has 1 saturated carbocycles. The summed E-state index contributed by atoms with van der Waals surface area (Å²) in [4.78, 5) is 4.25. The molecule has 1 aliphatic rings. The van der Waals surface area contributed by atoms with Gasteiger partial charge in [0.15, 0.2) is 5.96 Å². The van der Waals surface area contributed by atoms with Crippen molar-refractivity contribution in [2.45, 2.75) is 51.5 Å². The highest BCUT2D eigenvalue weighted by Gasteiger charge is 2.13. The first-order chi connectivity index (χ1) is 10.4. The molecule has 0 bridgehead atoms. The fourth-order valence-electron chi connectivity index (χ4n) is 3.01. The highest BCUT2D eigenvalue weighted by molar-refractivity contribution is 14.0. The third kappa shape index (κ3) is 7.47. The van der Waals surface area contributed by atoms with Crippen molar-refractivity contribution in [2.24, 2.45) is 10.9 Å². The largest absolute Gasteiger partial charge is 0.356 e. The summed E-state index contributed by atoms with van der Waals surface area (Å²) in [7, 11) is 1.82. The molecule has 2 rings (SSSR count). The number of rotatable bonds is 8. The lowest BCUT2D eigenvalue weighted by Crippen LogP contribution is -2.39. The van der Waals surface area contributed by atoms with Gasteiger partial charge in [0.25, 0.3) is 0 Å². The molecular weight excluding hydrogens is 389 g/mol. The van der Waals surface area contributed by atoms with Gasteiger partial charge < -0.3 is 10.6 Å². The van der Waals surface area contributed by atoms with E-state index in [1.54, 1.807) is 6.20 Å². The van der Waals surface area contributed by atoms with Crippen LogP contribution in [0.15, 0.2) is 23.5 Å². The van der Waals surface area contributed by atoms with E-state index in [2.05, 4.69) is 20.7 Å². The second-order valence-corrected chi connectivity index (χ2v) is 5.84. The lowest BCUT2D eigenvalue weighted by atomic mass is 10.0. The Morgan fingerprint density at radius 2 is 2.00 bits per heavy atom. The van der Waals surface area contributed by atoms with Crippen LogP contribution < -0.4 is 10.6 Å². The van der Waals surface area contributed by atoms with Crippen molar-refractivity contribution in [1.29, 1.82) is 0 Å². The highest BCUT2D eigenvalue weighted by atomic mass is 127. The Morgan fingerprint density at radius 1 is 1.23 bits per heavy atom. The maximum absolute atomic E-state index is 4.25. The molecule has 1 fully saturated rings. The second kappa shape index (κ2) is 11.7. The number of aliphatic imine (C=N–C) groups is 1. The molecule has 22 heavy (non-hydrogen) atoms. The Labute approximate surface area is 151 Å². The highest BCUT2D eigenvalue weighted by Crippen LogP contribution is 2.28. The van der Waals surface area contributed by atoms with Crippen molar-refractivity contribution in [3.8, 4) is 0 Å². The minimum absolute atomic E-state index is 0. The van der Waals surface area contributed by atoms with Gasteiger partial charge in [-0.25, -0.2) is 0 Å². The molecule has 0 aromatic carbocycles. The molecule has 0 spiro atoms. The number of unbranched alkanes of at least 4 members (excludes halogenated alkanes) is 1. The molecule has 126 valence electrons. The van der Waals surface area contributed by atoms with Crippen LogP contribution in [0.3, 0.4) is 0 Å². The zero-order chi connectivity index (χ0) is 14.8. The third-order valence-corrected chi connectivity index (χ3v) is 4.22. The quantitative estimate of drug-likeness (QED) is 0.295. The average molecular weight is 419 g/mol. The van der Waals surface area contributed by atoms with Crippen LogP contribution >= 0.6 is 24.0 Å². The van der Waals surface area contributed by atoms with Crippen molar-refractivity contribution in [3.63, 3.8) is 0 Å². The van der Waals surface area contributed by atoms with Crippen molar-refractivity contribution >= 4 is 29.9 Å². The van der Waals surface area contributed by atoms with E-state index in [0.29, 0.717) is 0 Å². The van der Waals surface area contributed by atoms with Gasteiger partial charge in [0, 0.05) is 32.5 Å². The summed E-state index contributed by atoms with van der Waals surface area (Å²) < 4.78 is 1.92. The molecule has 0 saturated heterocycles. The zero-order valence-electron chi connectivity index (χ0n) is 13.6. The molecular formula is C16H30IN5. The van der Waals surface area contributed by atoms with Gasteiger partial charge in [0.1, 0.15) is 0 Å². The molecule has 1 aromatic rings. The van der Waals surface area contributed by atoms with E-state index in [0.717, 1.165) is 31.5 Å². The van der Waals surface area contributed by atoms with Gasteiger partial charge in [-0.15, -0.1) is 24.0 Å². The third-order valence-electron chi connectivity index (χ3n) is 4.22. The van der Waals surface area contributed by atoms with E-state index in [4.69, 9.17) is 0 Å². The zero-order valence-corrected chi connectivity index (χ0v) is 16.0. The maximum Gasteiger partial charge on any atom is 0.191 e. The Kier molecular flexibility index (Phi) is 10.3. The molecule has 1 aromatic heterocycles. The molecule has 0 aliphatic heterocycles. The lowest BCUT2D eigenvalue weighted by Gasteiger charge is -2.12. The van der Waals surface area contributed by atoms with Crippen LogP contribution in [0.2, 0.25) is 0 Å². The minimum atomic E-state index is 0. The van der Waals surface area contributed by atoms with Crippen LogP contribution in [-0.4, -0.2) is 35.9 Å². The van der Waals surface area contributed by atoms with E-state index >= 15 is 0 Å². The smallest absolute Gasteiger partial charge is 0.191 e. The van der Waals surface area contributed by atoms with Crippen LogP contribution in [0.4, 0.5) is 0 Å². The molecule has 1 heterocycles. The number of halogens is 1. The molecule has 6 heteroatoms. The first-order valence-electron chi connectivity index (χ1n) is 8.30. The van der Waals surface area contributed by atoms with Gasteiger partial charge in [-0.05, 0) is 18.4 Å². The topological polar surface area (TPSA) is 54.2 Å². The summed E-state index contributed by atoms with van der Waals surface area (Å²) in [5, 5.41) is 10.9. The summed E-state index contributed by atoms with van der Waals surface area (Å²) in [6, 6.07) is 1.94. The molecule has 0 radical (unpaired) electrons. The number of nitrogens with zero attached hydrogens (tertiary/aromatic N) is 3. The van der Waals surface area contributed by atoms with Crippen LogP contribution in [0.5, 0.6) is 0 Å². The Morgan fingerprint density at radius 3 is 2.68 bits per heavy atom. The molecule has 0 atom stereocenters. The Balaban J connectivity index is 0.00000242. The predicted molar refractivity (Wildman–Crippen MR) is 103 cm³/mol. The second-order valence-electron chi connectivity index (χ2n) is 5.84. The summed E-state index contributed by atoms with van der Waals surface area (Å²) in [5.41, 5.74) is 0.